The number of ether oxygens (including phenoxy) is 1. The van der Waals surface area contributed by atoms with Gasteiger partial charge in [0, 0.05) is 32.6 Å². The van der Waals surface area contributed by atoms with E-state index in [9.17, 15) is 0 Å². The van der Waals surface area contributed by atoms with Gasteiger partial charge in [0.2, 0.25) is 0 Å². The van der Waals surface area contributed by atoms with Gasteiger partial charge >= 0.3 is 0 Å². The Balaban J connectivity index is 0. The molecule has 1 atom stereocenters. The van der Waals surface area contributed by atoms with E-state index < -0.39 is 0 Å². The molecule has 0 bridgehead atoms. The Morgan fingerprint density at radius 3 is 2.40 bits per heavy atom. The van der Waals surface area contributed by atoms with Crippen LogP contribution in [0.3, 0.4) is 0 Å². The fraction of sp³-hybridized carbons (Fsp3) is 1.00. The molecule has 94 valence electrons. The molecule has 0 spiro atoms. The van der Waals surface area contributed by atoms with Crippen LogP contribution in [0.15, 0.2) is 0 Å². The lowest BCUT2D eigenvalue weighted by Gasteiger charge is -2.20. The third-order valence-electron chi connectivity index (χ3n) is 1.90. The molecule has 0 aromatic rings. The Morgan fingerprint density at radius 2 is 1.93 bits per heavy atom. The van der Waals surface area contributed by atoms with E-state index in [1.807, 2.05) is 25.6 Å². The van der Waals surface area contributed by atoms with Crippen molar-refractivity contribution in [2.75, 3.05) is 45.4 Å². The van der Waals surface area contributed by atoms with Crippen molar-refractivity contribution in [1.29, 1.82) is 0 Å². The third kappa shape index (κ3) is 14.3. The van der Waals surface area contributed by atoms with Gasteiger partial charge in [-0.15, -0.1) is 0 Å². The molecule has 0 radical (unpaired) electrons. The fourth-order valence-corrected chi connectivity index (χ4v) is 2.05. The summed E-state index contributed by atoms with van der Waals surface area (Å²) in [6.45, 7) is 11.6. The molecule has 0 rings (SSSR count). The highest BCUT2D eigenvalue weighted by molar-refractivity contribution is 7.99. The van der Waals surface area contributed by atoms with Crippen LogP contribution in [-0.2, 0) is 4.74 Å². The van der Waals surface area contributed by atoms with Gasteiger partial charge in [0.25, 0.3) is 0 Å². The molecule has 0 N–H and O–H groups in total. The highest BCUT2D eigenvalue weighted by Crippen LogP contribution is 2.02. The van der Waals surface area contributed by atoms with E-state index in [0.717, 1.165) is 13.2 Å². The monoisotopic (exact) mass is 235 g/mol. The van der Waals surface area contributed by atoms with Gasteiger partial charge < -0.3 is 9.64 Å². The highest BCUT2D eigenvalue weighted by atomic mass is 32.2. The second-order valence-electron chi connectivity index (χ2n) is 3.52. The first kappa shape index (κ1) is 17.7. The molecule has 0 heterocycles. The second kappa shape index (κ2) is 14.3. The quantitative estimate of drug-likeness (QED) is 0.600. The molecular formula is C12H29NOS. The van der Waals surface area contributed by atoms with Gasteiger partial charge in [-0.2, -0.15) is 11.8 Å². The fourth-order valence-electron chi connectivity index (χ4n) is 1.33. The molecule has 15 heavy (non-hydrogen) atoms. The van der Waals surface area contributed by atoms with E-state index in [1.54, 1.807) is 7.11 Å². The van der Waals surface area contributed by atoms with Crippen LogP contribution in [0.4, 0.5) is 0 Å². The molecule has 0 saturated heterocycles. The van der Waals surface area contributed by atoms with Gasteiger partial charge in [0.15, 0.2) is 0 Å². The van der Waals surface area contributed by atoms with Gasteiger partial charge in [0.1, 0.15) is 0 Å². The lowest BCUT2D eigenvalue weighted by atomic mass is 10.2. The van der Waals surface area contributed by atoms with Crippen LogP contribution in [0.2, 0.25) is 0 Å². The first-order chi connectivity index (χ1) is 7.20. The minimum Gasteiger partial charge on any atom is -0.384 e. The molecule has 0 aromatic heterocycles. The van der Waals surface area contributed by atoms with Crippen molar-refractivity contribution in [3.8, 4) is 0 Å². The van der Waals surface area contributed by atoms with Crippen molar-refractivity contribution in [3.63, 3.8) is 0 Å². The number of methoxy groups -OCH3 is 1. The average molecular weight is 235 g/mol. The molecule has 2 nitrogen and oxygen atoms in total. The van der Waals surface area contributed by atoms with Gasteiger partial charge in [-0.3, -0.25) is 0 Å². The van der Waals surface area contributed by atoms with E-state index >= 15 is 0 Å². The lowest BCUT2D eigenvalue weighted by molar-refractivity contribution is 0.139. The van der Waals surface area contributed by atoms with E-state index in [1.165, 1.54) is 18.1 Å². The molecule has 0 aliphatic rings. The Hall–Kier alpha value is 0.270. The van der Waals surface area contributed by atoms with E-state index in [0.29, 0.717) is 5.92 Å². The first-order valence-electron chi connectivity index (χ1n) is 5.95. The summed E-state index contributed by atoms with van der Waals surface area (Å²) in [6.07, 6.45) is 0. The first-order valence-corrected chi connectivity index (χ1v) is 7.11. The standard InChI is InChI=1S/C10H23NOS.C2H6/c1-5-13-7-6-11(3)8-10(2)9-12-4;1-2/h10H,5-9H2,1-4H3;1-2H3. The summed E-state index contributed by atoms with van der Waals surface area (Å²) in [6, 6.07) is 0. The number of rotatable bonds is 8. The number of thioether (sulfide) groups is 1. The summed E-state index contributed by atoms with van der Waals surface area (Å²) in [5.41, 5.74) is 0. The van der Waals surface area contributed by atoms with Gasteiger partial charge in [-0.25, -0.2) is 0 Å². The van der Waals surface area contributed by atoms with Crippen LogP contribution >= 0.6 is 11.8 Å². The predicted octanol–water partition coefficient (Wildman–Crippen LogP) is 2.98. The zero-order valence-electron chi connectivity index (χ0n) is 11.4. The molecule has 3 heteroatoms. The van der Waals surface area contributed by atoms with Crippen molar-refractivity contribution in [3.05, 3.63) is 0 Å². The maximum Gasteiger partial charge on any atom is 0.0500 e. The van der Waals surface area contributed by atoms with Gasteiger partial charge in [-0.05, 0) is 18.7 Å². The molecule has 0 aromatic carbocycles. The number of hydrogen-bond donors (Lipinski definition) is 0. The predicted molar refractivity (Wildman–Crippen MR) is 72.9 cm³/mol. The molecule has 1 unspecified atom stereocenters. The van der Waals surface area contributed by atoms with Crippen molar-refractivity contribution in [2.24, 2.45) is 5.92 Å². The minimum absolute atomic E-state index is 0.640. The summed E-state index contributed by atoms with van der Waals surface area (Å²) in [5.74, 6) is 3.11. The Bertz CT molecular complexity index is 112. The van der Waals surface area contributed by atoms with Crippen LogP contribution in [0.25, 0.3) is 0 Å². The molecule has 0 fully saturated rings. The Morgan fingerprint density at radius 1 is 1.33 bits per heavy atom. The highest BCUT2D eigenvalue weighted by Gasteiger charge is 2.05. The van der Waals surface area contributed by atoms with Crippen molar-refractivity contribution in [1.82, 2.24) is 4.90 Å². The van der Waals surface area contributed by atoms with Crippen LogP contribution < -0.4 is 0 Å². The van der Waals surface area contributed by atoms with E-state index in [-0.39, 0.29) is 0 Å². The van der Waals surface area contributed by atoms with E-state index in [2.05, 4.69) is 25.8 Å². The molecule has 0 saturated carbocycles. The van der Waals surface area contributed by atoms with Crippen molar-refractivity contribution in [2.45, 2.75) is 27.7 Å². The summed E-state index contributed by atoms with van der Waals surface area (Å²) >= 11 is 2.00. The second-order valence-corrected chi connectivity index (χ2v) is 4.91. The Labute approximate surface area is 101 Å². The molecule has 0 aliphatic heterocycles. The lowest BCUT2D eigenvalue weighted by Crippen LogP contribution is -2.28. The molecule has 0 amide bonds. The maximum absolute atomic E-state index is 5.10. The van der Waals surface area contributed by atoms with Crippen LogP contribution in [0.5, 0.6) is 0 Å². The van der Waals surface area contributed by atoms with E-state index in [4.69, 9.17) is 4.74 Å². The third-order valence-corrected chi connectivity index (χ3v) is 2.78. The largest absolute Gasteiger partial charge is 0.384 e. The maximum atomic E-state index is 5.10. The Kier molecular flexibility index (Phi) is 16.8. The van der Waals surface area contributed by atoms with Crippen molar-refractivity contribution < 1.29 is 4.74 Å². The summed E-state index contributed by atoms with van der Waals surface area (Å²) in [5, 5.41) is 0. The van der Waals surface area contributed by atoms with Crippen molar-refractivity contribution >= 4 is 11.8 Å². The summed E-state index contributed by atoms with van der Waals surface area (Å²) < 4.78 is 5.10. The zero-order chi connectivity index (χ0) is 12.1. The zero-order valence-corrected chi connectivity index (χ0v) is 12.2. The number of hydrogen-bond acceptors (Lipinski definition) is 3. The van der Waals surface area contributed by atoms with Crippen LogP contribution in [0, 0.1) is 5.92 Å². The van der Waals surface area contributed by atoms with Gasteiger partial charge in [0.05, 0.1) is 0 Å². The topological polar surface area (TPSA) is 12.5 Å². The SMILES string of the molecule is CC.CCSCCN(C)CC(C)COC. The molecule has 0 aliphatic carbocycles. The van der Waals surface area contributed by atoms with Crippen LogP contribution in [-0.4, -0.2) is 50.3 Å². The normalized spacial score (nSPS) is 12.2. The average Bonchev–Trinajstić information content (AvgIpc) is 2.21. The van der Waals surface area contributed by atoms with Gasteiger partial charge in [-0.1, -0.05) is 27.7 Å². The summed E-state index contributed by atoms with van der Waals surface area (Å²) in [4.78, 5) is 2.38. The minimum atomic E-state index is 0.640. The van der Waals surface area contributed by atoms with Crippen LogP contribution in [0.1, 0.15) is 27.7 Å². The molecular weight excluding hydrogens is 206 g/mol. The number of nitrogens with zero attached hydrogens (tertiary/aromatic N) is 1. The smallest absolute Gasteiger partial charge is 0.0500 e. The summed E-state index contributed by atoms with van der Waals surface area (Å²) in [7, 11) is 3.95.